The van der Waals surface area contributed by atoms with Crippen LogP contribution in [0.5, 0.6) is 5.75 Å². The molecule has 0 bridgehead atoms. The van der Waals surface area contributed by atoms with Crippen molar-refractivity contribution >= 4 is 11.4 Å². The van der Waals surface area contributed by atoms with Crippen LogP contribution in [0.4, 0.5) is 11.4 Å². The molecular formula is C17H22N2O. The van der Waals surface area contributed by atoms with Gasteiger partial charge in [0.15, 0.2) is 0 Å². The van der Waals surface area contributed by atoms with E-state index in [9.17, 15) is 0 Å². The molecule has 106 valence electrons. The molecule has 2 rings (SSSR count). The van der Waals surface area contributed by atoms with Crippen molar-refractivity contribution < 1.29 is 4.74 Å². The second-order valence-electron chi connectivity index (χ2n) is 4.74. The number of anilines is 2. The number of likely N-dealkylation sites (N-methyl/N-ethyl adjacent to an activating group) is 1. The van der Waals surface area contributed by atoms with E-state index in [1.54, 1.807) is 7.11 Å². The molecule has 2 N–H and O–H groups in total. The first-order valence-electron chi connectivity index (χ1n) is 6.97. The lowest BCUT2D eigenvalue weighted by molar-refractivity contribution is 0.417. The molecule has 0 unspecified atom stereocenters. The smallest absolute Gasteiger partial charge is 0.141 e. The summed E-state index contributed by atoms with van der Waals surface area (Å²) in [6.45, 7) is 4.15. The summed E-state index contributed by atoms with van der Waals surface area (Å²) in [5.41, 5.74) is 9.14. The summed E-state index contributed by atoms with van der Waals surface area (Å²) in [6.07, 6.45) is 0.969. The van der Waals surface area contributed by atoms with Gasteiger partial charge in [-0.25, -0.2) is 0 Å². The Balaban J connectivity index is 2.02. The molecule has 0 aliphatic carbocycles. The quantitative estimate of drug-likeness (QED) is 0.818. The first kappa shape index (κ1) is 14.3. The lowest BCUT2D eigenvalue weighted by atomic mass is 10.1. The number of hydrogen-bond donors (Lipinski definition) is 1. The fourth-order valence-corrected chi connectivity index (χ4v) is 2.31. The summed E-state index contributed by atoms with van der Waals surface area (Å²) in [7, 11) is 1.64. The molecule has 0 saturated heterocycles. The highest BCUT2D eigenvalue weighted by atomic mass is 16.5. The van der Waals surface area contributed by atoms with Gasteiger partial charge in [-0.1, -0.05) is 24.3 Å². The SMILES string of the molecule is CCN(CCc1ccc(OC)c(N)c1)c1ccccc1. The molecule has 0 aliphatic heterocycles. The average molecular weight is 270 g/mol. The number of hydrogen-bond acceptors (Lipinski definition) is 3. The number of nitrogen functional groups attached to an aromatic ring is 1. The fourth-order valence-electron chi connectivity index (χ4n) is 2.31. The molecule has 3 heteroatoms. The molecule has 2 aromatic carbocycles. The summed E-state index contributed by atoms with van der Waals surface area (Å²) < 4.78 is 5.18. The standard InChI is InChI=1S/C17H22N2O/c1-3-19(15-7-5-4-6-8-15)12-11-14-9-10-17(20-2)16(18)13-14/h4-10,13H,3,11-12,18H2,1-2H3. The van der Waals surface area contributed by atoms with Gasteiger partial charge in [-0.05, 0) is 43.2 Å². The molecule has 0 fully saturated rings. The van der Waals surface area contributed by atoms with Crippen LogP contribution in [-0.2, 0) is 6.42 Å². The fraction of sp³-hybridized carbons (Fsp3) is 0.294. The van der Waals surface area contributed by atoms with Crippen molar-refractivity contribution in [3.63, 3.8) is 0 Å². The lowest BCUT2D eigenvalue weighted by Gasteiger charge is -2.23. The predicted molar refractivity (Wildman–Crippen MR) is 85.4 cm³/mol. The third-order valence-corrected chi connectivity index (χ3v) is 3.47. The van der Waals surface area contributed by atoms with Crippen molar-refractivity contribution in [3.8, 4) is 5.75 Å². The van der Waals surface area contributed by atoms with Gasteiger partial charge in [0.05, 0.1) is 12.8 Å². The topological polar surface area (TPSA) is 38.5 Å². The Kier molecular flexibility index (Phi) is 4.88. The van der Waals surface area contributed by atoms with E-state index in [0.717, 1.165) is 25.3 Å². The van der Waals surface area contributed by atoms with Gasteiger partial charge in [-0.3, -0.25) is 0 Å². The van der Waals surface area contributed by atoms with Crippen LogP contribution in [0.3, 0.4) is 0 Å². The number of nitrogens with zero attached hydrogens (tertiary/aromatic N) is 1. The van der Waals surface area contributed by atoms with E-state index in [1.165, 1.54) is 11.3 Å². The van der Waals surface area contributed by atoms with Crippen LogP contribution >= 0.6 is 0 Å². The summed E-state index contributed by atoms with van der Waals surface area (Å²) in [5, 5.41) is 0. The zero-order valence-corrected chi connectivity index (χ0v) is 12.2. The maximum atomic E-state index is 5.94. The predicted octanol–water partition coefficient (Wildman–Crippen LogP) is 3.35. The van der Waals surface area contributed by atoms with Crippen LogP contribution in [0.1, 0.15) is 12.5 Å². The lowest BCUT2D eigenvalue weighted by Crippen LogP contribution is -2.25. The summed E-state index contributed by atoms with van der Waals surface area (Å²) >= 11 is 0. The van der Waals surface area contributed by atoms with Crippen LogP contribution in [0.2, 0.25) is 0 Å². The second kappa shape index (κ2) is 6.85. The van der Waals surface area contributed by atoms with Crippen molar-refractivity contribution in [1.82, 2.24) is 0 Å². The number of nitrogens with two attached hydrogens (primary N) is 1. The van der Waals surface area contributed by atoms with E-state index >= 15 is 0 Å². The first-order chi connectivity index (χ1) is 9.74. The van der Waals surface area contributed by atoms with Gasteiger partial charge in [0.25, 0.3) is 0 Å². The van der Waals surface area contributed by atoms with Crippen LogP contribution in [-0.4, -0.2) is 20.2 Å². The first-order valence-corrected chi connectivity index (χ1v) is 6.97. The number of ether oxygens (including phenoxy) is 1. The largest absolute Gasteiger partial charge is 0.495 e. The molecule has 3 nitrogen and oxygen atoms in total. The monoisotopic (exact) mass is 270 g/mol. The van der Waals surface area contributed by atoms with E-state index in [4.69, 9.17) is 10.5 Å². The van der Waals surface area contributed by atoms with Crippen molar-refractivity contribution in [2.24, 2.45) is 0 Å². The minimum atomic E-state index is 0.702. The number of methoxy groups -OCH3 is 1. The molecule has 0 heterocycles. The molecule has 0 aliphatic rings. The zero-order chi connectivity index (χ0) is 14.4. The number of benzene rings is 2. The minimum absolute atomic E-state index is 0.702. The number of rotatable bonds is 6. The summed E-state index contributed by atoms with van der Waals surface area (Å²) in [4.78, 5) is 2.36. The molecule has 0 aromatic heterocycles. The van der Waals surface area contributed by atoms with Gasteiger partial charge in [-0.15, -0.1) is 0 Å². The summed E-state index contributed by atoms with van der Waals surface area (Å²) in [5.74, 6) is 0.740. The van der Waals surface area contributed by atoms with Gasteiger partial charge in [0.2, 0.25) is 0 Å². The zero-order valence-electron chi connectivity index (χ0n) is 12.2. The Hall–Kier alpha value is -2.16. The van der Waals surface area contributed by atoms with Crippen LogP contribution in [0.25, 0.3) is 0 Å². The molecule has 0 saturated carbocycles. The van der Waals surface area contributed by atoms with E-state index in [1.807, 2.05) is 18.2 Å². The highest BCUT2D eigenvalue weighted by Gasteiger charge is 2.05. The van der Waals surface area contributed by atoms with Crippen molar-refractivity contribution in [3.05, 3.63) is 54.1 Å². The minimum Gasteiger partial charge on any atom is -0.495 e. The van der Waals surface area contributed by atoms with Gasteiger partial charge in [-0.2, -0.15) is 0 Å². The van der Waals surface area contributed by atoms with Gasteiger partial charge in [0.1, 0.15) is 5.75 Å². The Bertz CT molecular complexity index is 540. The van der Waals surface area contributed by atoms with E-state index in [2.05, 4.69) is 42.2 Å². The molecule has 20 heavy (non-hydrogen) atoms. The normalized spacial score (nSPS) is 10.3. The highest BCUT2D eigenvalue weighted by Crippen LogP contribution is 2.22. The molecule has 2 aromatic rings. The maximum Gasteiger partial charge on any atom is 0.141 e. The summed E-state index contributed by atoms with van der Waals surface area (Å²) in [6, 6.07) is 16.5. The van der Waals surface area contributed by atoms with Crippen LogP contribution in [0, 0.1) is 0 Å². The van der Waals surface area contributed by atoms with E-state index in [0.29, 0.717) is 5.69 Å². The second-order valence-corrected chi connectivity index (χ2v) is 4.74. The van der Waals surface area contributed by atoms with Crippen molar-refractivity contribution in [1.29, 1.82) is 0 Å². The van der Waals surface area contributed by atoms with E-state index in [-0.39, 0.29) is 0 Å². The Morgan fingerprint density at radius 3 is 2.45 bits per heavy atom. The van der Waals surface area contributed by atoms with Gasteiger partial charge >= 0.3 is 0 Å². The van der Waals surface area contributed by atoms with E-state index < -0.39 is 0 Å². The molecule has 0 spiro atoms. The average Bonchev–Trinajstić information content (AvgIpc) is 2.49. The molecule has 0 radical (unpaired) electrons. The Morgan fingerprint density at radius 2 is 1.85 bits per heavy atom. The van der Waals surface area contributed by atoms with Crippen LogP contribution in [0.15, 0.2) is 48.5 Å². The van der Waals surface area contributed by atoms with Crippen molar-refractivity contribution in [2.75, 3.05) is 30.8 Å². The van der Waals surface area contributed by atoms with Crippen molar-refractivity contribution in [2.45, 2.75) is 13.3 Å². The molecule has 0 amide bonds. The maximum absolute atomic E-state index is 5.94. The Morgan fingerprint density at radius 1 is 1.10 bits per heavy atom. The Labute approximate surface area is 121 Å². The third kappa shape index (κ3) is 3.44. The highest BCUT2D eigenvalue weighted by molar-refractivity contribution is 5.54. The van der Waals surface area contributed by atoms with Gasteiger partial charge < -0.3 is 15.4 Å². The van der Waals surface area contributed by atoms with Gasteiger partial charge in [0, 0.05) is 18.8 Å². The molecule has 0 atom stereocenters. The third-order valence-electron chi connectivity index (χ3n) is 3.47. The number of para-hydroxylation sites is 1. The van der Waals surface area contributed by atoms with Crippen LogP contribution < -0.4 is 15.4 Å². The molecular weight excluding hydrogens is 248 g/mol.